The zero-order chi connectivity index (χ0) is 13.2. The molecule has 0 atom stereocenters. The van der Waals surface area contributed by atoms with E-state index in [1.807, 2.05) is 0 Å². The lowest BCUT2D eigenvalue weighted by molar-refractivity contribution is 0.0882. The molecule has 0 aliphatic heterocycles. The topological polar surface area (TPSA) is 29.1 Å². The first-order valence-electron chi connectivity index (χ1n) is 6.28. The van der Waals surface area contributed by atoms with Gasteiger partial charge in [0, 0.05) is 15.0 Å². The lowest BCUT2D eigenvalue weighted by Gasteiger charge is -2.34. The highest BCUT2D eigenvalue weighted by molar-refractivity contribution is 9.10. The third-order valence-electron chi connectivity index (χ3n) is 3.55. The minimum atomic E-state index is -0.0723. The zero-order valence-electron chi connectivity index (χ0n) is 10.4. The second-order valence-corrected chi connectivity index (χ2v) is 6.49. The molecular weight excluding hydrogens is 314 g/mol. The highest BCUT2D eigenvalue weighted by Gasteiger charge is 2.29. The predicted octanol–water partition coefficient (Wildman–Crippen LogP) is 4.56. The molecule has 0 unspecified atom stereocenters. The van der Waals surface area contributed by atoms with Crippen molar-refractivity contribution in [3.8, 4) is 0 Å². The van der Waals surface area contributed by atoms with E-state index in [-0.39, 0.29) is 11.4 Å². The van der Waals surface area contributed by atoms with Gasteiger partial charge in [-0.15, -0.1) is 0 Å². The van der Waals surface area contributed by atoms with Crippen LogP contribution in [0.25, 0.3) is 0 Å². The SMILES string of the molecule is CC1(NC(=O)c2cc(Cl)ccc2Br)CCCCC1. The largest absolute Gasteiger partial charge is 0.347 e. The molecule has 0 bridgehead atoms. The Bertz CT molecular complexity index is 455. The van der Waals surface area contributed by atoms with Crippen LogP contribution in [0.4, 0.5) is 0 Å². The van der Waals surface area contributed by atoms with E-state index in [1.54, 1.807) is 18.2 Å². The van der Waals surface area contributed by atoms with Gasteiger partial charge in [0.25, 0.3) is 5.91 Å². The van der Waals surface area contributed by atoms with Crippen LogP contribution in [-0.2, 0) is 0 Å². The fraction of sp³-hybridized carbons (Fsp3) is 0.500. The van der Waals surface area contributed by atoms with Gasteiger partial charge < -0.3 is 5.32 Å². The van der Waals surface area contributed by atoms with Gasteiger partial charge in [-0.1, -0.05) is 30.9 Å². The third kappa shape index (κ3) is 3.27. The van der Waals surface area contributed by atoms with Crippen molar-refractivity contribution in [3.05, 3.63) is 33.3 Å². The Labute approximate surface area is 121 Å². The van der Waals surface area contributed by atoms with Crippen LogP contribution in [0.5, 0.6) is 0 Å². The maximum absolute atomic E-state index is 12.3. The second kappa shape index (κ2) is 5.62. The molecule has 1 amide bonds. The Balaban J connectivity index is 2.14. The Morgan fingerprint density at radius 2 is 2.00 bits per heavy atom. The monoisotopic (exact) mass is 329 g/mol. The van der Waals surface area contributed by atoms with Crippen molar-refractivity contribution in [2.24, 2.45) is 0 Å². The van der Waals surface area contributed by atoms with Gasteiger partial charge in [0.2, 0.25) is 0 Å². The van der Waals surface area contributed by atoms with Gasteiger partial charge >= 0.3 is 0 Å². The zero-order valence-corrected chi connectivity index (χ0v) is 12.8. The molecule has 1 N–H and O–H groups in total. The Kier molecular flexibility index (Phi) is 4.33. The number of benzene rings is 1. The van der Waals surface area contributed by atoms with Crippen LogP contribution in [0, 0.1) is 0 Å². The van der Waals surface area contributed by atoms with Crippen molar-refractivity contribution < 1.29 is 4.79 Å². The van der Waals surface area contributed by atoms with E-state index in [2.05, 4.69) is 28.2 Å². The third-order valence-corrected chi connectivity index (χ3v) is 4.47. The van der Waals surface area contributed by atoms with Crippen molar-refractivity contribution in [1.82, 2.24) is 5.32 Å². The van der Waals surface area contributed by atoms with Crippen LogP contribution in [0.15, 0.2) is 22.7 Å². The van der Waals surface area contributed by atoms with E-state index < -0.39 is 0 Å². The minimum Gasteiger partial charge on any atom is -0.347 e. The molecule has 0 heterocycles. The molecule has 1 fully saturated rings. The first-order chi connectivity index (χ1) is 8.50. The average molecular weight is 331 g/mol. The molecule has 0 aromatic heterocycles. The maximum atomic E-state index is 12.3. The summed E-state index contributed by atoms with van der Waals surface area (Å²) in [4.78, 5) is 12.3. The second-order valence-electron chi connectivity index (χ2n) is 5.20. The Morgan fingerprint density at radius 3 is 2.67 bits per heavy atom. The quantitative estimate of drug-likeness (QED) is 0.846. The van der Waals surface area contributed by atoms with E-state index in [0.717, 1.165) is 17.3 Å². The molecule has 1 aromatic carbocycles. The average Bonchev–Trinajstić information content (AvgIpc) is 2.32. The molecule has 18 heavy (non-hydrogen) atoms. The van der Waals surface area contributed by atoms with Crippen molar-refractivity contribution >= 4 is 33.4 Å². The normalized spacial score (nSPS) is 18.4. The summed E-state index contributed by atoms with van der Waals surface area (Å²) in [6, 6.07) is 5.28. The highest BCUT2D eigenvalue weighted by atomic mass is 79.9. The van der Waals surface area contributed by atoms with E-state index in [9.17, 15) is 4.79 Å². The molecule has 98 valence electrons. The summed E-state index contributed by atoms with van der Waals surface area (Å²) < 4.78 is 0.781. The summed E-state index contributed by atoms with van der Waals surface area (Å²) in [6.07, 6.45) is 5.75. The van der Waals surface area contributed by atoms with Gasteiger partial charge in [-0.05, 0) is 53.9 Å². The van der Waals surface area contributed by atoms with Crippen LogP contribution in [0.2, 0.25) is 5.02 Å². The van der Waals surface area contributed by atoms with E-state index in [1.165, 1.54) is 19.3 Å². The van der Waals surface area contributed by atoms with Gasteiger partial charge in [-0.2, -0.15) is 0 Å². The fourth-order valence-corrected chi connectivity index (χ4v) is 3.07. The number of hydrogen-bond acceptors (Lipinski definition) is 1. The minimum absolute atomic E-state index is 0.0474. The molecule has 0 saturated heterocycles. The van der Waals surface area contributed by atoms with Crippen LogP contribution < -0.4 is 5.32 Å². The fourth-order valence-electron chi connectivity index (χ4n) is 2.47. The first-order valence-corrected chi connectivity index (χ1v) is 7.45. The number of carbonyl (C=O) groups excluding carboxylic acids is 1. The summed E-state index contributed by atoms with van der Waals surface area (Å²) in [7, 11) is 0. The Morgan fingerprint density at radius 1 is 1.33 bits per heavy atom. The summed E-state index contributed by atoms with van der Waals surface area (Å²) in [5.41, 5.74) is 0.534. The van der Waals surface area contributed by atoms with Crippen LogP contribution in [0.3, 0.4) is 0 Å². The number of nitrogens with one attached hydrogen (secondary N) is 1. The lowest BCUT2D eigenvalue weighted by Crippen LogP contribution is -2.47. The molecule has 0 radical (unpaired) electrons. The van der Waals surface area contributed by atoms with Crippen molar-refractivity contribution in [2.75, 3.05) is 0 Å². The predicted molar refractivity (Wildman–Crippen MR) is 78.1 cm³/mol. The number of halogens is 2. The van der Waals surface area contributed by atoms with Gasteiger partial charge in [0.1, 0.15) is 0 Å². The maximum Gasteiger partial charge on any atom is 0.252 e. The van der Waals surface area contributed by atoms with Crippen molar-refractivity contribution in [1.29, 1.82) is 0 Å². The molecule has 2 nitrogen and oxygen atoms in total. The van der Waals surface area contributed by atoms with Crippen LogP contribution in [-0.4, -0.2) is 11.4 Å². The Hall–Kier alpha value is -0.540. The summed E-state index contributed by atoms with van der Waals surface area (Å²) in [5, 5.41) is 3.73. The lowest BCUT2D eigenvalue weighted by atomic mass is 9.83. The summed E-state index contributed by atoms with van der Waals surface area (Å²) in [6.45, 7) is 2.13. The molecule has 1 aliphatic carbocycles. The molecule has 2 rings (SSSR count). The summed E-state index contributed by atoms with van der Waals surface area (Å²) >= 11 is 9.33. The van der Waals surface area contributed by atoms with Gasteiger partial charge in [0.05, 0.1) is 5.56 Å². The van der Waals surface area contributed by atoms with E-state index in [0.29, 0.717) is 10.6 Å². The van der Waals surface area contributed by atoms with Crippen molar-refractivity contribution in [2.45, 2.75) is 44.6 Å². The standard InChI is InChI=1S/C14H17BrClNO/c1-14(7-3-2-4-8-14)17-13(18)11-9-10(16)5-6-12(11)15/h5-6,9H,2-4,7-8H2,1H3,(H,17,18). The molecule has 1 saturated carbocycles. The van der Waals surface area contributed by atoms with E-state index in [4.69, 9.17) is 11.6 Å². The summed E-state index contributed by atoms with van der Waals surface area (Å²) in [5.74, 6) is -0.0474. The number of carbonyl (C=O) groups is 1. The molecule has 4 heteroatoms. The number of amides is 1. The van der Waals surface area contributed by atoms with Gasteiger partial charge in [-0.3, -0.25) is 4.79 Å². The van der Waals surface area contributed by atoms with Crippen LogP contribution in [0.1, 0.15) is 49.4 Å². The van der Waals surface area contributed by atoms with Crippen LogP contribution >= 0.6 is 27.5 Å². The molecule has 1 aliphatic rings. The molecule has 1 aromatic rings. The number of rotatable bonds is 2. The molecule has 0 spiro atoms. The van der Waals surface area contributed by atoms with E-state index >= 15 is 0 Å². The highest BCUT2D eigenvalue weighted by Crippen LogP contribution is 2.29. The molecular formula is C14H17BrClNO. The number of hydrogen-bond donors (Lipinski definition) is 1. The van der Waals surface area contributed by atoms with Gasteiger partial charge in [0.15, 0.2) is 0 Å². The smallest absolute Gasteiger partial charge is 0.252 e. The van der Waals surface area contributed by atoms with Crippen molar-refractivity contribution in [3.63, 3.8) is 0 Å². The van der Waals surface area contributed by atoms with Gasteiger partial charge in [-0.25, -0.2) is 0 Å². The first kappa shape index (κ1) is 13.9.